The fraction of sp³-hybridized carbons (Fsp3) is 0.400. The van der Waals surface area contributed by atoms with E-state index in [-0.39, 0.29) is 4.92 Å². The van der Waals surface area contributed by atoms with Gasteiger partial charge in [0.15, 0.2) is 11.5 Å². The van der Waals surface area contributed by atoms with Crippen LogP contribution in [0.25, 0.3) is 0 Å². The molecule has 5 nitrogen and oxygen atoms in total. The second-order valence-electron chi connectivity index (χ2n) is 3.11. The minimum absolute atomic E-state index is 0.308. The molecule has 0 heterocycles. The first kappa shape index (κ1) is 13.0. The van der Waals surface area contributed by atoms with Gasteiger partial charge in [0.1, 0.15) is 0 Å². The predicted molar refractivity (Wildman–Crippen MR) is 68.1 cm³/mol. The Bertz CT molecular complexity index is 383. The number of methoxy groups -OCH3 is 2. The Balaban J connectivity index is 2.86. The zero-order chi connectivity index (χ0) is 12.1. The van der Waals surface area contributed by atoms with E-state index < -0.39 is 4.05 Å². The summed E-state index contributed by atoms with van der Waals surface area (Å²) >= 11 is 1.81. The number of nitro groups is 1. The summed E-state index contributed by atoms with van der Waals surface area (Å²) in [5.41, 5.74) is 0.855. The van der Waals surface area contributed by atoms with E-state index in [2.05, 4.69) is 0 Å². The van der Waals surface area contributed by atoms with Gasteiger partial charge < -0.3 is 9.47 Å². The number of halogens is 1. The van der Waals surface area contributed by atoms with Gasteiger partial charge in [-0.25, -0.2) is 0 Å². The van der Waals surface area contributed by atoms with E-state index in [1.165, 1.54) is 7.11 Å². The molecule has 0 saturated heterocycles. The second kappa shape index (κ2) is 5.88. The molecule has 88 valence electrons. The van der Waals surface area contributed by atoms with Gasteiger partial charge in [-0.15, -0.1) is 0 Å². The lowest BCUT2D eigenvalue weighted by atomic mass is 10.1. The number of hydrogen-bond donors (Lipinski definition) is 0. The lowest BCUT2D eigenvalue weighted by Crippen LogP contribution is -2.14. The lowest BCUT2D eigenvalue weighted by molar-refractivity contribution is -0.488. The van der Waals surface area contributed by atoms with Crippen LogP contribution in [0.2, 0.25) is 0 Å². The molecule has 1 rings (SSSR count). The summed E-state index contributed by atoms with van der Waals surface area (Å²) in [6.07, 6.45) is 0.369. The van der Waals surface area contributed by atoms with Crippen molar-refractivity contribution in [3.8, 4) is 11.5 Å². The molecule has 0 amide bonds. The van der Waals surface area contributed by atoms with Crippen LogP contribution in [0.3, 0.4) is 0 Å². The topological polar surface area (TPSA) is 61.6 Å². The second-order valence-corrected chi connectivity index (χ2v) is 4.55. The molecule has 1 atom stereocenters. The summed E-state index contributed by atoms with van der Waals surface area (Å²) in [6.45, 7) is 0. The number of nitrogens with zero attached hydrogens (tertiary/aromatic N) is 1. The molecule has 0 aliphatic heterocycles. The number of ether oxygens (including phenoxy) is 2. The summed E-state index contributed by atoms with van der Waals surface area (Å²) in [5, 5.41) is 10.5. The quantitative estimate of drug-likeness (QED) is 0.272. The van der Waals surface area contributed by atoms with Crippen LogP contribution in [0, 0.1) is 10.1 Å². The Morgan fingerprint density at radius 2 is 2.00 bits per heavy atom. The average molecular weight is 337 g/mol. The van der Waals surface area contributed by atoms with E-state index in [0.717, 1.165) is 5.56 Å². The molecule has 1 aromatic rings. The summed E-state index contributed by atoms with van der Waals surface area (Å²) in [4.78, 5) is 10.2. The molecule has 0 spiro atoms. The fourth-order valence-corrected chi connectivity index (χ4v) is 1.79. The maximum absolute atomic E-state index is 10.5. The van der Waals surface area contributed by atoms with Gasteiger partial charge in [-0.3, -0.25) is 10.1 Å². The van der Waals surface area contributed by atoms with E-state index in [1.807, 2.05) is 0 Å². The Morgan fingerprint density at radius 1 is 1.38 bits per heavy atom. The minimum atomic E-state index is -0.629. The van der Waals surface area contributed by atoms with Crippen LogP contribution in [0.1, 0.15) is 5.56 Å². The molecule has 0 radical (unpaired) electrons. The highest BCUT2D eigenvalue weighted by molar-refractivity contribution is 14.1. The smallest absolute Gasteiger partial charge is 0.264 e. The van der Waals surface area contributed by atoms with Crippen LogP contribution < -0.4 is 9.47 Å². The first-order valence-electron chi connectivity index (χ1n) is 4.57. The summed E-state index contributed by atoms with van der Waals surface area (Å²) in [7, 11) is 3.09. The first-order valence-corrected chi connectivity index (χ1v) is 5.81. The molecular formula is C10H12INO4. The van der Waals surface area contributed by atoms with Gasteiger partial charge in [0, 0.05) is 33.9 Å². The van der Waals surface area contributed by atoms with Crippen molar-refractivity contribution in [3.63, 3.8) is 0 Å². The highest BCUT2D eigenvalue weighted by atomic mass is 127. The maximum atomic E-state index is 10.5. The van der Waals surface area contributed by atoms with Gasteiger partial charge >= 0.3 is 0 Å². The molecule has 1 unspecified atom stereocenters. The molecule has 6 heteroatoms. The molecule has 0 N–H and O–H groups in total. The van der Waals surface area contributed by atoms with E-state index >= 15 is 0 Å². The van der Waals surface area contributed by atoms with Gasteiger partial charge in [0.05, 0.1) is 14.2 Å². The van der Waals surface area contributed by atoms with Crippen LogP contribution in [0.4, 0.5) is 0 Å². The van der Waals surface area contributed by atoms with Gasteiger partial charge in [-0.2, -0.15) is 0 Å². The van der Waals surface area contributed by atoms with Gasteiger partial charge in [-0.05, 0) is 17.7 Å². The number of rotatable bonds is 5. The van der Waals surface area contributed by atoms with Gasteiger partial charge in [-0.1, -0.05) is 6.07 Å². The highest BCUT2D eigenvalue weighted by Crippen LogP contribution is 2.28. The summed E-state index contributed by atoms with van der Waals surface area (Å²) in [5.74, 6) is 1.21. The van der Waals surface area contributed by atoms with Crippen molar-refractivity contribution < 1.29 is 14.4 Å². The summed E-state index contributed by atoms with van der Waals surface area (Å²) < 4.78 is 9.58. The third-order valence-corrected chi connectivity index (χ3v) is 2.98. The maximum Gasteiger partial charge on any atom is 0.264 e. The van der Waals surface area contributed by atoms with E-state index in [1.54, 1.807) is 47.9 Å². The largest absolute Gasteiger partial charge is 0.493 e. The van der Waals surface area contributed by atoms with Crippen LogP contribution in [0.15, 0.2) is 18.2 Å². The molecule has 0 aromatic heterocycles. The van der Waals surface area contributed by atoms with Crippen molar-refractivity contribution in [1.82, 2.24) is 0 Å². The molecule has 0 aliphatic rings. The predicted octanol–water partition coefficient (Wildman–Crippen LogP) is 2.28. The van der Waals surface area contributed by atoms with Crippen molar-refractivity contribution in [2.45, 2.75) is 10.5 Å². The molecule has 16 heavy (non-hydrogen) atoms. The molecule has 0 aliphatic carbocycles. The molecule has 0 saturated carbocycles. The monoisotopic (exact) mass is 337 g/mol. The molecule has 0 fully saturated rings. The molecule has 0 bridgehead atoms. The average Bonchev–Trinajstić information content (AvgIpc) is 2.28. The lowest BCUT2D eigenvalue weighted by Gasteiger charge is -2.09. The van der Waals surface area contributed by atoms with Crippen LogP contribution in [-0.2, 0) is 6.42 Å². The fourth-order valence-electron chi connectivity index (χ4n) is 1.28. The summed E-state index contributed by atoms with van der Waals surface area (Å²) in [6, 6.07) is 5.31. The standard InChI is InChI=1S/C10H12INO4/c1-15-8-4-3-7(5-9(8)16-2)6-10(11)12(13)14/h3-5,10H,6H2,1-2H3. The van der Waals surface area contributed by atoms with Crippen molar-refractivity contribution in [1.29, 1.82) is 0 Å². The van der Waals surface area contributed by atoms with E-state index in [9.17, 15) is 10.1 Å². The SMILES string of the molecule is COc1ccc(CC(I)[N+](=O)[O-])cc1OC. The van der Waals surface area contributed by atoms with Crippen LogP contribution in [-0.4, -0.2) is 23.2 Å². The van der Waals surface area contributed by atoms with Gasteiger partial charge in [0.25, 0.3) is 4.05 Å². The first-order chi connectivity index (χ1) is 7.58. The number of hydrogen-bond acceptors (Lipinski definition) is 4. The van der Waals surface area contributed by atoms with Crippen molar-refractivity contribution in [2.24, 2.45) is 0 Å². The van der Waals surface area contributed by atoms with E-state index in [4.69, 9.17) is 9.47 Å². The minimum Gasteiger partial charge on any atom is -0.493 e. The van der Waals surface area contributed by atoms with Crippen molar-refractivity contribution in [2.75, 3.05) is 14.2 Å². The zero-order valence-electron chi connectivity index (χ0n) is 8.97. The van der Waals surface area contributed by atoms with Gasteiger partial charge in [0.2, 0.25) is 0 Å². The number of alkyl halides is 1. The molecule has 1 aromatic carbocycles. The molecular weight excluding hydrogens is 325 g/mol. The number of benzene rings is 1. The van der Waals surface area contributed by atoms with Crippen LogP contribution in [0.5, 0.6) is 11.5 Å². The third kappa shape index (κ3) is 3.22. The highest BCUT2D eigenvalue weighted by Gasteiger charge is 2.16. The third-order valence-electron chi connectivity index (χ3n) is 2.08. The Hall–Kier alpha value is -1.05. The normalized spacial score (nSPS) is 11.9. The Morgan fingerprint density at radius 3 is 2.50 bits per heavy atom. The van der Waals surface area contributed by atoms with Crippen LogP contribution >= 0.6 is 22.6 Å². The zero-order valence-corrected chi connectivity index (χ0v) is 11.1. The van der Waals surface area contributed by atoms with Crippen molar-refractivity contribution >= 4 is 22.6 Å². The Labute approximate surface area is 107 Å². The van der Waals surface area contributed by atoms with E-state index in [0.29, 0.717) is 17.9 Å². The Kier molecular flexibility index (Phi) is 4.78. The van der Waals surface area contributed by atoms with Crippen molar-refractivity contribution in [3.05, 3.63) is 33.9 Å².